The molecule has 1 aromatic carbocycles. The lowest BCUT2D eigenvalue weighted by Crippen LogP contribution is -2.50. The van der Waals surface area contributed by atoms with Crippen LogP contribution in [0.25, 0.3) is 0 Å². The summed E-state index contributed by atoms with van der Waals surface area (Å²) in [5.74, 6) is -1.54. The highest BCUT2D eigenvalue weighted by molar-refractivity contribution is 7.91. The van der Waals surface area contributed by atoms with E-state index in [4.69, 9.17) is 4.74 Å². The molecule has 0 bridgehead atoms. The van der Waals surface area contributed by atoms with E-state index in [0.29, 0.717) is 26.3 Å². The van der Waals surface area contributed by atoms with E-state index in [1.807, 2.05) is 0 Å². The molecule has 0 aromatic heterocycles. The summed E-state index contributed by atoms with van der Waals surface area (Å²) in [5.41, 5.74) is 0. The van der Waals surface area contributed by atoms with Crippen molar-refractivity contribution in [3.8, 4) is 0 Å². The minimum Gasteiger partial charge on any atom is -0.480 e. The molecule has 6 nitrogen and oxygen atoms in total. The molecular weight excluding hydrogens is 282 g/mol. The van der Waals surface area contributed by atoms with Crippen molar-refractivity contribution in [1.82, 2.24) is 4.90 Å². The second-order valence-corrected chi connectivity index (χ2v) is 6.63. The van der Waals surface area contributed by atoms with Crippen LogP contribution in [-0.4, -0.2) is 62.5 Å². The zero-order valence-electron chi connectivity index (χ0n) is 10.9. The third-order valence-corrected chi connectivity index (χ3v) is 5.00. The quantitative estimate of drug-likeness (QED) is 0.839. The lowest BCUT2D eigenvalue weighted by atomic mass is 10.2. The highest BCUT2D eigenvalue weighted by Gasteiger charge is 2.32. The summed E-state index contributed by atoms with van der Waals surface area (Å²) in [7, 11) is -3.62. The van der Waals surface area contributed by atoms with Crippen LogP contribution in [0.2, 0.25) is 0 Å². The SMILES string of the molecule is O=C(O)C(CS(=O)(=O)c1ccccc1)N1CCOCC1. The monoisotopic (exact) mass is 299 g/mol. The van der Waals surface area contributed by atoms with Crippen molar-refractivity contribution in [2.24, 2.45) is 0 Å². The molecule has 1 unspecified atom stereocenters. The highest BCUT2D eigenvalue weighted by atomic mass is 32.2. The van der Waals surface area contributed by atoms with Gasteiger partial charge in [0.1, 0.15) is 6.04 Å². The van der Waals surface area contributed by atoms with Gasteiger partial charge >= 0.3 is 5.97 Å². The smallest absolute Gasteiger partial charge is 0.321 e. The summed E-state index contributed by atoms with van der Waals surface area (Å²) in [6.07, 6.45) is 0. The fourth-order valence-electron chi connectivity index (χ4n) is 2.15. The predicted molar refractivity (Wildman–Crippen MR) is 72.3 cm³/mol. The van der Waals surface area contributed by atoms with E-state index >= 15 is 0 Å². The van der Waals surface area contributed by atoms with Crippen LogP contribution in [0.5, 0.6) is 0 Å². The Balaban J connectivity index is 2.17. The average molecular weight is 299 g/mol. The van der Waals surface area contributed by atoms with Gasteiger partial charge in [-0.3, -0.25) is 9.69 Å². The number of carboxylic acid groups (broad SMARTS) is 1. The number of hydrogen-bond donors (Lipinski definition) is 1. The Bertz CT molecular complexity index is 551. The standard InChI is InChI=1S/C13H17NO5S/c15-13(16)12(14-6-8-19-9-7-14)10-20(17,18)11-4-2-1-3-5-11/h1-5,12H,6-10H2,(H,15,16). The molecule has 1 aromatic rings. The van der Waals surface area contributed by atoms with E-state index in [1.165, 1.54) is 12.1 Å². The molecule has 1 aliphatic rings. The second kappa shape index (κ2) is 6.34. The Morgan fingerprint density at radius 1 is 1.25 bits per heavy atom. The fraction of sp³-hybridized carbons (Fsp3) is 0.462. The third-order valence-electron chi connectivity index (χ3n) is 3.25. The predicted octanol–water partition coefficient (Wildman–Crippen LogP) is 0.246. The van der Waals surface area contributed by atoms with Gasteiger partial charge in [-0.05, 0) is 12.1 Å². The van der Waals surface area contributed by atoms with Crippen molar-refractivity contribution in [2.45, 2.75) is 10.9 Å². The van der Waals surface area contributed by atoms with Crippen LogP contribution >= 0.6 is 0 Å². The first-order valence-corrected chi connectivity index (χ1v) is 7.98. The van der Waals surface area contributed by atoms with Gasteiger partial charge in [0, 0.05) is 13.1 Å². The van der Waals surface area contributed by atoms with Crippen LogP contribution in [0.1, 0.15) is 0 Å². The number of nitrogens with zero attached hydrogens (tertiary/aromatic N) is 1. The number of rotatable bonds is 5. The first-order chi connectivity index (χ1) is 9.50. The molecule has 0 amide bonds. The van der Waals surface area contributed by atoms with Crippen LogP contribution in [0.3, 0.4) is 0 Å². The molecule has 1 atom stereocenters. The normalized spacial score (nSPS) is 18.6. The Morgan fingerprint density at radius 3 is 2.40 bits per heavy atom. The molecule has 110 valence electrons. The van der Waals surface area contributed by atoms with E-state index < -0.39 is 27.6 Å². The van der Waals surface area contributed by atoms with E-state index in [2.05, 4.69) is 0 Å². The van der Waals surface area contributed by atoms with E-state index in [0.717, 1.165) is 0 Å². The second-order valence-electron chi connectivity index (χ2n) is 4.60. The number of morpholine rings is 1. The van der Waals surface area contributed by atoms with Crippen molar-refractivity contribution < 1.29 is 23.1 Å². The van der Waals surface area contributed by atoms with Gasteiger partial charge in [-0.1, -0.05) is 18.2 Å². The Kier molecular flexibility index (Phi) is 4.74. The van der Waals surface area contributed by atoms with Crippen molar-refractivity contribution in [3.63, 3.8) is 0 Å². The van der Waals surface area contributed by atoms with Gasteiger partial charge in [-0.2, -0.15) is 0 Å². The Hall–Kier alpha value is -1.44. The molecule has 2 rings (SSSR count). The molecule has 7 heteroatoms. The maximum atomic E-state index is 12.3. The minimum absolute atomic E-state index is 0.152. The van der Waals surface area contributed by atoms with Crippen molar-refractivity contribution >= 4 is 15.8 Å². The van der Waals surface area contributed by atoms with Gasteiger partial charge in [0.2, 0.25) is 0 Å². The van der Waals surface area contributed by atoms with Gasteiger partial charge in [0.25, 0.3) is 0 Å². The first kappa shape index (κ1) is 15.0. The molecule has 1 N–H and O–H groups in total. The molecular formula is C13H17NO5S. The topological polar surface area (TPSA) is 83.9 Å². The van der Waals surface area contributed by atoms with E-state index in [-0.39, 0.29) is 4.90 Å². The number of aliphatic carboxylic acids is 1. The molecule has 0 spiro atoms. The third kappa shape index (κ3) is 3.56. The molecule has 0 saturated carbocycles. The molecule has 1 aliphatic heterocycles. The molecule has 1 heterocycles. The maximum absolute atomic E-state index is 12.3. The van der Waals surface area contributed by atoms with Gasteiger partial charge in [0.05, 0.1) is 23.9 Å². The average Bonchev–Trinajstić information content (AvgIpc) is 2.46. The molecule has 1 saturated heterocycles. The summed E-state index contributed by atoms with van der Waals surface area (Å²) in [6, 6.07) is 6.88. The zero-order valence-corrected chi connectivity index (χ0v) is 11.8. The van der Waals surface area contributed by atoms with Crippen LogP contribution in [-0.2, 0) is 19.4 Å². The molecule has 1 fully saturated rings. The number of ether oxygens (including phenoxy) is 1. The minimum atomic E-state index is -3.62. The summed E-state index contributed by atoms with van der Waals surface area (Å²) >= 11 is 0. The molecule has 0 aliphatic carbocycles. The van der Waals surface area contributed by atoms with E-state index in [9.17, 15) is 18.3 Å². The van der Waals surface area contributed by atoms with Gasteiger partial charge in [-0.25, -0.2) is 8.42 Å². The number of hydrogen-bond acceptors (Lipinski definition) is 5. The zero-order chi connectivity index (χ0) is 14.6. The Morgan fingerprint density at radius 2 is 1.85 bits per heavy atom. The van der Waals surface area contributed by atoms with Gasteiger partial charge in [-0.15, -0.1) is 0 Å². The lowest BCUT2D eigenvalue weighted by Gasteiger charge is -2.31. The van der Waals surface area contributed by atoms with Crippen molar-refractivity contribution in [3.05, 3.63) is 30.3 Å². The fourth-order valence-corrected chi connectivity index (χ4v) is 3.69. The van der Waals surface area contributed by atoms with Gasteiger partial charge < -0.3 is 9.84 Å². The maximum Gasteiger partial charge on any atom is 0.321 e. The largest absolute Gasteiger partial charge is 0.480 e. The number of sulfone groups is 1. The Labute approximate surface area is 117 Å². The van der Waals surface area contributed by atoms with Crippen LogP contribution < -0.4 is 0 Å². The number of carboxylic acids is 1. The van der Waals surface area contributed by atoms with Crippen LogP contribution in [0.15, 0.2) is 35.2 Å². The lowest BCUT2D eigenvalue weighted by molar-refractivity contribution is -0.144. The first-order valence-electron chi connectivity index (χ1n) is 6.33. The summed E-state index contributed by atoms with van der Waals surface area (Å²) in [5, 5.41) is 9.29. The summed E-state index contributed by atoms with van der Waals surface area (Å²) in [6.45, 7) is 1.72. The van der Waals surface area contributed by atoms with Gasteiger partial charge in [0.15, 0.2) is 9.84 Å². The number of benzene rings is 1. The summed E-state index contributed by atoms with van der Waals surface area (Å²) in [4.78, 5) is 13.2. The summed E-state index contributed by atoms with van der Waals surface area (Å²) < 4.78 is 29.7. The van der Waals surface area contributed by atoms with Crippen LogP contribution in [0, 0.1) is 0 Å². The highest BCUT2D eigenvalue weighted by Crippen LogP contribution is 2.15. The van der Waals surface area contributed by atoms with E-state index in [1.54, 1.807) is 23.1 Å². The van der Waals surface area contributed by atoms with Crippen molar-refractivity contribution in [2.75, 3.05) is 32.1 Å². The number of carbonyl (C=O) groups is 1. The molecule has 20 heavy (non-hydrogen) atoms. The van der Waals surface area contributed by atoms with Crippen LogP contribution in [0.4, 0.5) is 0 Å². The molecule has 0 radical (unpaired) electrons. The van der Waals surface area contributed by atoms with Crippen molar-refractivity contribution in [1.29, 1.82) is 0 Å².